The van der Waals surface area contributed by atoms with Crippen molar-refractivity contribution in [3.8, 4) is 0 Å². The van der Waals surface area contributed by atoms with Gasteiger partial charge >= 0.3 is 0 Å². The molecular weight excluding hydrogens is 358 g/mol. The number of aromatic nitrogens is 1. The fraction of sp³-hybridized carbons (Fsp3) is 0.0400. The summed E-state index contributed by atoms with van der Waals surface area (Å²) in [5.74, 6) is 0.909. The van der Waals surface area contributed by atoms with Crippen LogP contribution in [0.5, 0.6) is 0 Å². The molecule has 6 rings (SSSR count). The number of furan rings is 1. The smallest absolute Gasteiger partial charge is 0.159 e. The van der Waals surface area contributed by atoms with Crippen LogP contribution in [-0.4, -0.2) is 4.98 Å². The van der Waals surface area contributed by atoms with E-state index in [1.54, 1.807) is 0 Å². The van der Waals surface area contributed by atoms with Crippen LogP contribution in [0.4, 0.5) is 22.9 Å². The summed E-state index contributed by atoms with van der Waals surface area (Å²) in [6.07, 6.45) is 1.83. The van der Waals surface area contributed by atoms with E-state index < -0.39 is 0 Å². The van der Waals surface area contributed by atoms with Crippen LogP contribution < -0.4 is 9.80 Å². The number of para-hydroxylation sites is 2. The molecule has 0 saturated carbocycles. The van der Waals surface area contributed by atoms with E-state index in [0.717, 1.165) is 50.4 Å². The average molecular weight is 376 g/mol. The lowest BCUT2D eigenvalue weighted by molar-refractivity contribution is 0.668. The molecule has 0 bridgehead atoms. The van der Waals surface area contributed by atoms with Gasteiger partial charge in [-0.1, -0.05) is 48.5 Å². The Balaban J connectivity index is 1.59. The summed E-state index contributed by atoms with van der Waals surface area (Å²) < 4.78 is 6.33. The van der Waals surface area contributed by atoms with Gasteiger partial charge in [0, 0.05) is 22.7 Å². The number of pyridine rings is 1. The predicted molar refractivity (Wildman–Crippen MR) is 118 cm³/mol. The van der Waals surface area contributed by atoms with E-state index in [-0.39, 0.29) is 0 Å². The Morgan fingerprint density at radius 2 is 1.59 bits per heavy atom. The Labute approximate surface area is 168 Å². The highest BCUT2D eigenvalue weighted by Gasteiger charge is 2.32. The second-order valence-corrected chi connectivity index (χ2v) is 7.24. The Morgan fingerprint density at radius 3 is 2.48 bits per heavy atom. The minimum atomic E-state index is 0.896. The highest BCUT2D eigenvalue weighted by molar-refractivity contribution is 6.11. The highest BCUT2D eigenvalue weighted by Crippen LogP contribution is 2.48. The average Bonchev–Trinajstić information content (AvgIpc) is 3.33. The largest absolute Gasteiger partial charge is 0.454 e. The number of anilines is 4. The number of benzene rings is 3. The molecular formula is C25H18N3O. The summed E-state index contributed by atoms with van der Waals surface area (Å²) in [5.41, 5.74) is 6.10. The van der Waals surface area contributed by atoms with Crippen molar-refractivity contribution in [1.82, 2.24) is 4.98 Å². The third-order valence-corrected chi connectivity index (χ3v) is 5.48. The molecule has 0 unspecified atom stereocenters. The number of fused-ring (bicyclic) bond motifs is 4. The van der Waals surface area contributed by atoms with Crippen molar-refractivity contribution in [1.29, 1.82) is 0 Å². The second-order valence-electron chi connectivity index (χ2n) is 7.24. The molecule has 5 aromatic rings. The molecule has 4 heteroatoms. The van der Waals surface area contributed by atoms with Crippen LogP contribution in [0.25, 0.3) is 21.9 Å². The Hall–Kier alpha value is -3.79. The molecule has 0 amide bonds. The van der Waals surface area contributed by atoms with E-state index in [2.05, 4.69) is 70.8 Å². The van der Waals surface area contributed by atoms with E-state index in [0.29, 0.717) is 0 Å². The normalized spacial score (nSPS) is 13.4. The SMILES string of the molecule is Cc1ccc2c(oc3ccccc32)c1N1[CH]N(c2ccccc2)c2ncccc21. The number of rotatable bonds is 2. The van der Waals surface area contributed by atoms with Gasteiger partial charge in [0.25, 0.3) is 0 Å². The zero-order chi connectivity index (χ0) is 19.4. The third kappa shape index (κ3) is 2.36. The lowest BCUT2D eigenvalue weighted by Gasteiger charge is -2.22. The van der Waals surface area contributed by atoms with Gasteiger partial charge in [0.05, 0.1) is 11.4 Å². The van der Waals surface area contributed by atoms with Crippen LogP contribution in [0, 0.1) is 13.6 Å². The quantitative estimate of drug-likeness (QED) is 0.343. The first-order valence-corrected chi connectivity index (χ1v) is 9.65. The molecule has 0 fully saturated rings. The molecule has 0 saturated heterocycles. The van der Waals surface area contributed by atoms with E-state index in [1.165, 1.54) is 0 Å². The fourth-order valence-corrected chi connectivity index (χ4v) is 4.12. The van der Waals surface area contributed by atoms with Gasteiger partial charge in [-0.25, -0.2) is 4.98 Å². The van der Waals surface area contributed by atoms with Crippen LogP contribution >= 0.6 is 0 Å². The molecule has 1 aliphatic rings. The lowest BCUT2D eigenvalue weighted by atomic mass is 10.1. The first-order valence-electron chi connectivity index (χ1n) is 9.65. The summed E-state index contributed by atoms with van der Waals surface area (Å²) in [6, 6.07) is 26.9. The standard InChI is InChI=1S/C25H18N3O/c1-17-13-14-20-19-10-5-6-12-22(19)29-24(20)23(17)28-16-27(18-8-3-2-4-9-18)25-21(28)11-7-15-26-25/h2-16H,1H3. The minimum Gasteiger partial charge on any atom is -0.454 e. The topological polar surface area (TPSA) is 32.5 Å². The van der Waals surface area contributed by atoms with Gasteiger partial charge in [-0.3, -0.25) is 4.90 Å². The maximum atomic E-state index is 6.33. The monoisotopic (exact) mass is 376 g/mol. The molecule has 3 heterocycles. The second kappa shape index (κ2) is 6.11. The highest BCUT2D eigenvalue weighted by atomic mass is 16.3. The van der Waals surface area contributed by atoms with Gasteiger partial charge < -0.3 is 9.32 Å². The first kappa shape index (κ1) is 16.2. The van der Waals surface area contributed by atoms with Crippen LogP contribution in [-0.2, 0) is 0 Å². The molecule has 0 spiro atoms. The molecule has 1 radical (unpaired) electrons. The van der Waals surface area contributed by atoms with Gasteiger partial charge in [-0.05, 0) is 42.8 Å². The molecule has 3 aromatic carbocycles. The molecule has 0 aliphatic carbocycles. The van der Waals surface area contributed by atoms with Crippen LogP contribution in [0.2, 0.25) is 0 Å². The van der Waals surface area contributed by atoms with Gasteiger partial charge in [-0.15, -0.1) is 0 Å². The van der Waals surface area contributed by atoms with Gasteiger partial charge in [0.15, 0.2) is 18.1 Å². The van der Waals surface area contributed by atoms with E-state index >= 15 is 0 Å². The molecule has 1 aliphatic heterocycles. The van der Waals surface area contributed by atoms with E-state index in [1.807, 2.05) is 42.6 Å². The zero-order valence-corrected chi connectivity index (χ0v) is 15.9. The van der Waals surface area contributed by atoms with E-state index in [4.69, 9.17) is 4.42 Å². The van der Waals surface area contributed by atoms with Crippen LogP contribution in [0.1, 0.15) is 5.56 Å². The van der Waals surface area contributed by atoms with Gasteiger partial charge in [-0.2, -0.15) is 0 Å². The molecule has 139 valence electrons. The van der Waals surface area contributed by atoms with Crippen molar-refractivity contribution in [2.75, 3.05) is 9.80 Å². The summed E-state index contributed by atoms with van der Waals surface area (Å²) in [7, 11) is 0. The Kier molecular flexibility index (Phi) is 3.41. The van der Waals surface area contributed by atoms with Crippen molar-refractivity contribution in [2.24, 2.45) is 0 Å². The minimum absolute atomic E-state index is 0.896. The van der Waals surface area contributed by atoms with Crippen molar-refractivity contribution in [3.05, 3.63) is 97.3 Å². The summed E-state index contributed by atoms with van der Waals surface area (Å²) in [6.45, 7) is 4.22. The Bertz CT molecular complexity index is 1360. The third-order valence-electron chi connectivity index (χ3n) is 5.48. The number of hydrogen-bond acceptors (Lipinski definition) is 4. The maximum absolute atomic E-state index is 6.33. The number of hydrogen-bond donors (Lipinski definition) is 0. The van der Waals surface area contributed by atoms with Crippen LogP contribution in [0.15, 0.2) is 89.5 Å². The molecule has 29 heavy (non-hydrogen) atoms. The van der Waals surface area contributed by atoms with Crippen LogP contribution in [0.3, 0.4) is 0 Å². The van der Waals surface area contributed by atoms with Crippen molar-refractivity contribution in [3.63, 3.8) is 0 Å². The summed E-state index contributed by atoms with van der Waals surface area (Å²) in [5, 5.41) is 2.26. The van der Waals surface area contributed by atoms with Gasteiger partial charge in [0.1, 0.15) is 5.58 Å². The first-order chi connectivity index (χ1) is 14.3. The lowest BCUT2D eigenvalue weighted by Crippen LogP contribution is -2.18. The van der Waals surface area contributed by atoms with Crippen molar-refractivity contribution >= 4 is 44.8 Å². The van der Waals surface area contributed by atoms with Crippen molar-refractivity contribution < 1.29 is 4.42 Å². The number of nitrogens with zero attached hydrogens (tertiary/aromatic N) is 3. The fourth-order valence-electron chi connectivity index (χ4n) is 4.12. The molecule has 0 atom stereocenters. The maximum Gasteiger partial charge on any atom is 0.159 e. The zero-order valence-electron chi connectivity index (χ0n) is 15.9. The summed E-state index contributed by atoms with van der Waals surface area (Å²) >= 11 is 0. The Morgan fingerprint density at radius 1 is 0.759 bits per heavy atom. The predicted octanol–water partition coefficient (Wildman–Crippen LogP) is 6.70. The molecule has 4 nitrogen and oxygen atoms in total. The van der Waals surface area contributed by atoms with Gasteiger partial charge in [0.2, 0.25) is 0 Å². The number of aryl methyl sites for hydroxylation is 1. The molecule has 2 aromatic heterocycles. The summed E-state index contributed by atoms with van der Waals surface area (Å²) in [4.78, 5) is 8.98. The van der Waals surface area contributed by atoms with Crippen molar-refractivity contribution in [2.45, 2.75) is 6.92 Å². The molecule has 0 N–H and O–H groups in total. The van der Waals surface area contributed by atoms with E-state index in [9.17, 15) is 0 Å².